The topological polar surface area (TPSA) is 214 Å². The molecule has 0 aliphatic carbocycles. The average Bonchev–Trinajstić information content (AvgIpc) is 2.91. The molecule has 0 fully saturated rings. The summed E-state index contributed by atoms with van der Waals surface area (Å²) in [5.41, 5.74) is 12.7. The van der Waals surface area contributed by atoms with Gasteiger partial charge in [-0.25, -0.2) is 4.79 Å². The van der Waals surface area contributed by atoms with E-state index in [0.717, 1.165) is 5.56 Å². The van der Waals surface area contributed by atoms with Gasteiger partial charge in [-0.1, -0.05) is 42.5 Å². The lowest BCUT2D eigenvalue weighted by Gasteiger charge is -2.25. The number of hydrogen-bond donors (Lipinski definition) is 7. The maximum absolute atomic E-state index is 13.1. The lowest BCUT2D eigenvalue weighted by atomic mass is 10.0. The van der Waals surface area contributed by atoms with Gasteiger partial charge in [0.2, 0.25) is 23.6 Å². The standard InChI is InChI=1S/C27H35N5O7S/c1-40-12-11-20(25(36)32-22(27(38)39)14-17-7-9-18(33)10-8-17)30-26(37)21(15-23(29)34)31-24(35)19(28)13-16-5-3-2-4-6-16/h2-10,19-22,33H,11-15,28H2,1H3,(H2,29,34)(H,30,37)(H,31,35)(H,32,36)(H,38,39). The minimum atomic E-state index is -1.40. The van der Waals surface area contributed by atoms with Gasteiger partial charge in [0.1, 0.15) is 23.9 Å². The Labute approximate surface area is 236 Å². The number of nitrogens with two attached hydrogens (primary N) is 2. The highest BCUT2D eigenvalue weighted by atomic mass is 32.2. The summed E-state index contributed by atoms with van der Waals surface area (Å²) in [7, 11) is 0. The first-order valence-electron chi connectivity index (χ1n) is 12.5. The van der Waals surface area contributed by atoms with Crippen LogP contribution in [-0.4, -0.2) is 76.0 Å². The molecule has 0 saturated heterocycles. The van der Waals surface area contributed by atoms with Crippen molar-refractivity contribution < 1.29 is 34.2 Å². The van der Waals surface area contributed by atoms with Crippen molar-refractivity contribution in [1.82, 2.24) is 16.0 Å². The molecule has 13 heteroatoms. The van der Waals surface area contributed by atoms with Crippen molar-refractivity contribution in [3.8, 4) is 5.75 Å². The Kier molecular flexibility index (Phi) is 12.9. The number of phenols is 1. The maximum Gasteiger partial charge on any atom is 0.326 e. The number of hydrogen-bond acceptors (Lipinski definition) is 8. The van der Waals surface area contributed by atoms with Gasteiger partial charge in [-0.15, -0.1) is 0 Å². The molecule has 0 aromatic heterocycles. The fraction of sp³-hybridized carbons (Fsp3) is 0.370. The molecule has 2 rings (SSSR count). The number of nitrogens with one attached hydrogen (secondary N) is 3. The minimum Gasteiger partial charge on any atom is -0.508 e. The zero-order chi connectivity index (χ0) is 29.7. The summed E-state index contributed by atoms with van der Waals surface area (Å²) in [6.07, 6.45) is 1.53. The van der Waals surface area contributed by atoms with Crippen molar-refractivity contribution in [3.05, 3.63) is 65.7 Å². The Balaban J connectivity index is 2.12. The van der Waals surface area contributed by atoms with Gasteiger partial charge < -0.3 is 37.6 Å². The van der Waals surface area contributed by atoms with Crippen LogP contribution in [-0.2, 0) is 36.8 Å². The quantitative estimate of drug-likeness (QED) is 0.140. The van der Waals surface area contributed by atoms with E-state index in [1.165, 1.54) is 36.0 Å². The molecule has 0 bridgehead atoms. The maximum atomic E-state index is 13.1. The van der Waals surface area contributed by atoms with Crippen molar-refractivity contribution in [2.75, 3.05) is 12.0 Å². The molecule has 0 radical (unpaired) electrons. The van der Waals surface area contributed by atoms with Crippen LogP contribution >= 0.6 is 11.8 Å². The fourth-order valence-corrected chi connectivity index (χ4v) is 4.24. The number of carboxylic acids is 1. The largest absolute Gasteiger partial charge is 0.508 e. The van der Waals surface area contributed by atoms with Crippen molar-refractivity contribution in [2.45, 2.75) is 49.9 Å². The second kappa shape index (κ2) is 16.1. The number of carbonyl (C=O) groups excluding carboxylic acids is 4. The fourth-order valence-electron chi connectivity index (χ4n) is 3.77. The van der Waals surface area contributed by atoms with Gasteiger partial charge in [-0.2, -0.15) is 11.8 Å². The molecule has 9 N–H and O–H groups in total. The first-order chi connectivity index (χ1) is 19.0. The minimum absolute atomic E-state index is 0.0122. The molecule has 2 aromatic rings. The lowest BCUT2D eigenvalue weighted by molar-refractivity contribution is -0.142. The highest BCUT2D eigenvalue weighted by molar-refractivity contribution is 7.98. The number of benzene rings is 2. The first-order valence-corrected chi connectivity index (χ1v) is 13.9. The summed E-state index contributed by atoms with van der Waals surface area (Å²) in [5.74, 6) is -3.97. The van der Waals surface area contributed by atoms with E-state index in [1.807, 2.05) is 6.07 Å². The van der Waals surface area contributed by atoms with E-state index >= 15 is 0 Å². The van der Waals surface area contributed by atoms with E-state index in [4.69, 9.17) is 11.5 Å². The van der Waals surface area contributed by atoms with E-state index in [9.17, 15) is 34.2 Å². The molecular weight excluding hydrogens is 538 g/mol. The van der Waals surface area contributed by atoms with E-state index in [2.05, 4.69) is 16.0 Å². The van der Waals surface area contributed by atoms with Gasteiger partial charge in [0.15, 0.2) is 0 Å². The molecule has 0 heterocycles. The van der Waals surface area contributed by atoms with Crippen LogP contribution in [0.4, 0.5) is 0 Å². The van der Waals surface area contributed by atoms with Crippen LogP contribution in [0.3, 0.4) is 0 Å². The molecule has 0 saturated carbocycles. The predicted molar refractivity (Wildman–Crippen MR) is 150 cm³/mol. The predicted octanol–water partition coefficient (Wildman–Crippen LogP) is -0.328. The zero-order valence-electron chi connectivity index (χ0n) is 22.0. The van der Waals surface area contributed by atoms with Crippen molar-refractivity contribution >= 4 is 41.4 Å². The highest BCUT2D eigenvalue weighted by Gasteiger charge is 2.31. The van der Waals surface area contributed by atoms with Gasteiger partial charge >= 0.3 is 5.97 Å². The van der Waals surface area contributed by atoms with Gasteiger partial charge in [-0.05, 0) is 48.1 Å². The number of carbonyl (C=O) groups is 5. The first kappa shape index (κ1) is 32.1. The summed E-state index contributed by atoms with van der Waals surface area (Å²) in [4.78, 5) is 62.4. The van der Waals surface area contributed by atoms with Crippen LogP contribution in [0.1, 0.15) is 24.0 Å². The van der Waals surface area contributed by atoms with Gasteiger partial charge in [0.05, 0.1) is 12.5 Å². The Bertz CT molecular complexity index is 1160. The Hall–Kier alpha value is -4.10. The van der Waals surface area contributed by atoms with Gasteiger partial charge in [0.25, 0.3) is 0 Å². The summed E-state index contributed by atoms with van der Waals surface area (Å²) in [6.45, 7) is 0. The molecule has 4 amide bonds. The molecule has 4 atom stereocenters. The summed E-state index contributed by atoms with van der Waals surface area (Å²) < 4.78 is 0. The Morgan fingerprint density at radius 2 is 1.35 bits per heavy atom. The number of aliphatic carboxylic acids is 1. The molecule has 4 unspecified atom stereocenters. The van der Waals surface area contributed by atoms with Crippen LogP contribution in [0.2, 0.25) is 0 Å². The Morgan fingerprint density at radius 1 is 0.800 bits per heavy atom. The molecule has 0 aliphatic heterocycles. The van der Waals surface area contributed by atoms with Crippen molar-refractivity contribution in [1.29, 1.82) is 0 Å². The molecule has 12 nitrogen and oxygen atoms in total. The van der Waals surface area contributed by atoms with Crippen molar-refractivity contribution in [2.24, 2.45) is 11.5 Å². The summed E-state index contributed by atoms with van der Waals surface area (Å²) in [5, 5.41) is 26.5. The molecular formula is C27H35N5O7S. The third-order valence-electron chi connectivity index (χ3n) is 5.91. The number of thioether (sulfide) groups is 1. The van der Waals surface area contributed by atoms with E-state index < -0.39 is 60.2 Å². The second-order valence-electron chi connectivity index (χ2n) is 9.14. The summed E-state index contributed by atoms with van der Waals surface area (Å²) >= 11 is 1.41. The normalized spacial score (nSPS) is 13.8. The third-order valence-corrected chi connectivity index (χ3v) is 6.55. The van der Waals surface area contributed by atoms with E-state index in [1.54, 1.807) is 30.5 Å². The molecule has 216 valence electrons. The van der Waals surface area contributed by atoms with Crippen LogP contribution < -0.4 is 27.4 Å². The van der Waals surface area contributed by atoms with Gasteiger partial charge in [-0.3, -0.25) is 19.2 Å². The number of carboxylic acid groups (broad SMARTS) is 1. The van der Waals surface area contributed by atoms with Crippen LogP contribution in [0, 0.1) is 0 Å². The van der Waals surface area contributed by atoms with Crippen LogP contribution in [0.5, 0.6) is 5.75 Å². The molecule has 0 spiro atoms. The smallest absolute Gasteiger partial charge is 0.326 e. The van der Waals surface area contributed by atoms with Crippen LogP contribution in [0.15, 0.2) is 54.6 Å². The third kappa shape index (κ3) is 10.9. The lowest BCUT2D eigenvalue weighted by Crippen LogP contribution is -2.58. The average molecular weight is 574 g/mol. The second-order valence-corrected chi connectivity index (χ2v) is 10.1. The molecule has 0 aliphatic rings. The number of primary amides is 1. The SMILES string of the molecule is CSCCC(NC(=O)C(CC(N)=O)NC(=O)C(N)Cc1ccccc1)C(=O)NC(Cc1ccc(O)cc1)C(=O)O. The zero-order valence-corrected chi connectivity index (χ0v) is 22.9. The summed E-state index contributed by atoms with van der Waals surface area (Å²) in [6, 6.07) is 9.96. The molecule has 40 heavy (non-hydrogen) atoms. The van der Waals surface area contributed by atoms with Crippen molar-refractivity contribution in [3.63, 3.8) is 0 Å². The van der Waals surface area contributed by atoms with E-state index in [-0.39, 0.29) is 25.0 Å². The highest BCUT2D eigenvalue weighted by Crippen LogP contribution is 2.12. The monoisotopic (exact) mass is 573 g/mol. The number of amides is 4. The Morgan fingerprint density at radius 3 is 1.93 bits per heavy atom. The van der Waals surface area contributed by atoms with Gasteiger partial charge in [0, 0.05) is 6.42 Å². The van der Waals surface area contributed by atoms with E-state index in [0.29, 0.717) is 11.3 Å². The number of phenolic OH excluding ortho intramolecular Hbond substituents is 1. The molecule has 2 aromatic carbocycles. The number of rotatable bonds is 16. The number of aromatic hydroxyl groups is 1. The van der Waals surface area contributed by atoms with Crippen LogP contribution in [0.25, 0.3) is 0 Å².